The predicted octanol–water partition coefficient (Wildman–Crippen LogP) is 3.50. The molecule has 1 aliphatic heterocycles. The first-order valence-electron chi connectivity index (χ1n) is 4.73. The van der Waals surface area contributed by atoms with E-state index in [9.17, 15) is 0 Å². The van der Waals surface area contributed by atoms with Crippen LogP contribution in [0.5, 0.6) is 0 Å². The van der Waals surface area contributed by atoms with Gasteiger partial charge in [0.05, 0.1) is 0 Å². The van der Waals surface area contributed by atoms with Crippen LogP contribution in [-0.2, 0) is 6.42 Å². The molecule has 2 heteroatoms. The Hall–Kier alpha value is -0.500. The molecule has 0 spiro atoms. The molecule has 13 heavy (non-hydrogen) atoms. The van der Waals surface area contributed by atoms with Crippen molar-refractivity contribution in [3.8, 4) is 0 Å². The molecule has 70 valence electrons. The van der Waals surface area contributed by atoms with Gasteiger partial charge in [-0.3, -0.25) is 0 Å². The third-order valence-electron chi connectivity index (χ3n) is 2.68. The summed E-state index contributed by atoms with van der Waals surface area (Å²) >= 11 is 3.60. The molecule has 1 aliphatic rings. The Kier molecular flexibility index (Phi) is 2.33. The van der Waals surface area contributed by atoms with Crippen LogP contribution >= 0.6 is 15.9 Å². The van der Waals surface area contributed by atoms with E-state index in [0.717, 1.165) is 0 Å². The summed E-state index contributed by atoms with van der Waals surface area (Å²) in [6.45, 7) is 4.40. The zero-order valence-corrected chi connectivity index (χ0v) is 9.61. The van der Waals surface area contributed by atoms with E-state index in [-0.39, 0.29) is 0 Å². The van der Waals surface area contributed by atoms with Gasteiger partial charge in [0.2, 0.25) is 0 Å². The molecule has 0 saturated heterocycles. The van der Waals surface area contributed by atoms with Gasteiger partial charge in [-0.1, -0.05) is 22.0 Å². The molecule has 1 nitrogen and oxygen atoms in total. The van der Waals surface area contributed by atoms with E-state index in [1.807, 2.05) is 0 Å². The summed E-state index contributed by atoms with van der Waals surface area (Å²) in [6, 6.07) is 4.92. The first-order valence-corrected chi connectivity index (χ1v) is 5.52. The Bertz CT molecular complexity index is 333. The number of rotatable bonds is 0. The number of hydrogen-bond donors (Lipinski definition) is 1. The van der Waals surface area contributed by atoms with E-state index in [1.54, 1.807) is 0 Å². The SMILES string of the molecule is Cc1ccc(Br)c2c1NC(C)CC2. The average molecular weight is 240 g/mol. The molecule has 2 rings (SSSR count). The Morgan fingerprint density at radius 1 is 1.46 bits per heavy atom. The van der Waals surface area contributed by atoms with Gasteiger partial charge in [0.15, 0.2) is 0 Å². The second-order valence-corrected chi connectivity index (χ2v) is 4.66. The number of halogens is 1. The molecule has 0 amide bonds. The van der Waals surface area contributed by atoms with Gasteiger partial charge in [-0.2, -0.15) is 0 Å². The minimum absolute atomic E-state index is 0.612. The number of benzene rings is 1. The Balaban J connectivity index is 2.51. The summed E-state index contributed by atoms with van der Waals surface area (Å²) in [5.41, 5.74) is 4.14. The van der Waals surface area contributed by atoms with E-state index < -0.39 is 0 Å². The summed E-state index contributed by atoms with van der Waals surface area (Å²) < 4.78 is 1.24. The summed E-state index contributed by atoms with van der Waals surface area (Å²) in [4.78, 5) is 0. The second kappa shape index (κ2) is 3.33. The predicted molar refractivity (Wildman–Crippen MR) is 60.3 cm³/mol. The number of nitrogens with one attached hydrogen (secondary N) is 1. The van der Waals surface area contributed by atoms with E-state index >= 15 is 0 Å². The Morgan fingerprint density at radius 3 is 3.00 bits per heavy atom. The van der Waals surface area contributed by atoms with Gasteiger partial charge in [0.1, 0.15) is 0 Å². The fraction of sp³-hybridized carbons (Fsp3) is 0.455. The maximum atomic E-state index is 3.60. The van der Waals surface area contributed by atoms with Crippen molar-refractivity contribution in [3.63, 3.8) is 0 Å². The molecular formula is C11H14BrN. The molecule has 1 aromatic rings. The molecular weight excluding hydrogens is 226 g/mol. The van der Waals surface area contributed by atoms with Gasteiger partial charge in [-0.25, -0.2) is 0 Å². The first-order chi connectivity index (χ1) is 6.18. The van der Waals surface area contributed by atoms with Crippen LogP contribution in [0.25, 0.3) is 0 Å². The van der Waals surface area contributed by atoms with Crippen LogP contribution in [0.4, 0.5) is 5.69 Å². The third kappa shape index (κ3) is 1.60. The molecule has 0 aromatic heterocycles. The van der Waals surface area contributed by atoms with Crippen LogP contribution in [-0.4, -0.2) is 6.04 Å². The summed E-state index contributed by atoms with van der Waals surface area (Å²) in [7, 11) is 0. The second-order valence-electron chi connectivity index (χ2n) is 3.80. The van der Waals surface area contributed by atoms with Gasteiger partial charge in [0, 0.05) is 16.2 Å². The van der Waals surface area contributed by atoms with Gasteiger partial charge in [-0.05, 0) is 43.9 Å². The summed E-state index contributed by atoms with van der Waals surface area (Å²) in [5.74, 6) is 0. The van der Waals surface area contributed by atoms with Gasteiger partial charge < -0.3 is 5.32 Å². The molecule has 1 atom stereocenters. The van der Waals surface area contributed by atoms with Crippen molar-refractivity contribution in [1.29, 1.82) is 0 Å². The molecule has 1 N–H and O–H groups in total. The zero-order chi connectivity index (χ0) is 9.42. The van der Waals surface area contributed by atoms with E-state index in [2.05, 4.69) is 47.2 Å². The molecule has 0 saturated carbocycles. The highest BCUT2D eigenvalue weighted by molar-refractivity contribution is 9.10. The number of fused-ring (bicyclic) bond motifs is 1. The minimum atomic E-state index is 0.612. The van der Waals surface area contributed by atoms with Gasteiger partial charge >= 0.3 is 0 Å². The maximum Gasteiger partial charge on any atom is 0.0415 e. The van der Waals surface area contributed by atoms with Crippen LogP contribution in [0, 0.1) is 6.92 Å². The van der Waals surface area contributed by atoms with Crippen LogP contribution < -0.4 is 5.32 Å². The monoisotopic (exact) mass is 239 g/mol. The standard InChI is InChI=1S/C11H14BrN/c1-7-3-6-10(12)9-5-4-8(2)13-11(7)9/h3,6,8,13H,4-5H2,1-2H3. The van der Waals surface area contributed by atoms with E-state index in [1.165, 1.54) is 34.1 Å². The minimum Gasteiger partial charge on any atom is -0.382 e. The summed E-state index contributed by atoms with van der Waals surface area (Å²) in [6.07, 6.45) is 2.42. The van der Waals surface area contributed by atoms with E-state index in [4.69, 9.17) is 0 Å². The lowest BCUT2D eigenvalue weighted by Crippen LogP contribution is -2.22. The molecule has 0 radical (unpaired) electrons. The fourth-order valence-corrected chi connectivity index (χ4v) is 2.39. The molecule has 1 aromatic carbocycles. The lowest BCUT2D eigenvalue weighted by Gasteiger charge is -2.26. The maximum absolute atomic E-state index is 3.60. The molecule has 0 aliphatic carbocycles. The van der Waals surface area contributed by atoms with Gasteiger partial charge in [0.25, 0.3) is 0 Å². The smallest absolute Gasteiger partial charge is 0.0415 e. The normalized spacial score (nSPS) is 20.7. The zero-order valence-electron chi connectivity index (χ0n) is 8.02. The van der Waals surface area contributed by atoms with Crippen molar-refractivity contribution in [1.82, 2.24) is 0 Å². The van der Waals surface area contributed by atoms with Crippen molar-refractivity contribution in [2.24, 2.45) is 0 Å². The van der Waals surface area contributed by atoms with Crippen molar-refractivity contribution < 1.29 is 0 Å². The molecule has 1 heterocycles. The van der Waals surface area contributed by atoms with Crippen LogP contribution in [0.3, 0.4) is 0 Å². The fourth-order valence-electron chi connectivity index (χ4n) is 1.86. The molecule has 0 fully saturated rings. The third-order valence-corrected chi connectivity index (χ3v) is 3.43. The van der Waals surface area contributed by atoms with Crippen molar-refractivity contribution in [3.05, 3.63) is 27.7 Å². The summed E-state index contributed by atoms with van der Waals surface area (Å²) in [5, 5.41) is 3.54. The Morgan fingerprint density at radius 2 is 2.23 bits per heavy atom. The highest BCUT2D eigenvalue weighted by Gasteiger charge is 2.17. The van der Waals surface area contributed by atoms with Crippen molar-refractivity contribution in [2.45, 2.75) is 32.7 Å². The lowest BCUT2D eigenvalue weighted by atomic mass is 9.96. The highest BCUT2D eigenvalue weighted by Crippen LogP contribution is 2.33. The van der Waals surface area contributed by atoms with E-state index in [0.29, 0.717) is 6.04 Å². The van der Waals surface area contributed by atoms with Gasteiger partial charge in [-0.15, -0.1) is 0 Å². The average Bonchev–Trinajstić information content (AvgIpc) is 2.12. The topological polar surface area (TPSA) is 12.0 Å². The number of hydrogen-bond acceptors (Lipinski definition) is 1. The lowest BCUT2D eigenvalue weighted by molar-refractivity contribution is 0.678. The number of anilines is 1. The largest absolute Gasteiger partial charge is 0.382 e. The van der Waals surface area contributed by atoms with Crippen molar-refractivity contribution in [2.75, 3.05) is 5.32 Å². The first kappa shape index (κ1) is 9.07. The molecule has 1 unspecified atom stereocenters. The molecule has 0 bridgehead atoms. The van der Waals surface area contributed by atoms with Crippen molar-refractivity contribution >= 4 is 21.6 Å². The number of aryl methyl sites for hydroxylation is 1. The van der Waals surface area contributed by atoms with Crippen LogP contribution in [0.15, 0.2) is 16.6 Å². The highest BCUT2D eigenvalue weighted by atomic mass is 79.9. The van der Waals surface area contributed by atoms with Crippen LogP contribution in [0.2, 0.25) is 0 Å². The Labute approximate surface area is 87.7 Å². The quantitative estimate of drug-likeness (QED) is 0.731. The van der Waals surface area contributed by atoms with Crippen LogP contribution in [0.1, 0.15) is 24.5 Å².